The average Bonchev–Trinajstić information content (AvgIpc) is 3.03. The summed E-state index contributed by atoms with van der Waals surface area (Å²) in [6.07, 6.45) is 8.99. The first-order valence-electron chi connectivity index (χ1n) is 11.3. The highest BCUT2D eigenvalue weighted by Crippen LogP contribution is 2.64. The molecule has 32 heavy (non-hydrogen) atoms. The van der Waals surface area contributed by atoms with Gasteiger partial charge in [0, 0.05) is 18.3 Å². The van der Waals surface area contributed by atoms with Crippen LogP contribution in [-0.2, 0) is 19.9 Å². The fourth-order valence-corrected chi connectivity index (χ4v) is 7.37. The number of carbonyl (C=O) groups is 2. The van der Waals surface area contributed by atoms with Gasteiger partial charge in [-0.05, 0) is 83.8 Å². The van der Waals surface area contributed by atoms with Crippen LogP contribution in [0.15, 0.2) is 42.0 Å². The summed E-state index contributed by atoms with van der Waals surface area (Å²) in [6, 6.07) is 6.79. The molecular weight excluding hydrogens is 426 g/mol. The van der Waals surface area contributed by atoms with Gasteiger partial charge in [0.05, 0.1) is 0 Å². The Balaban J connectivity index is 1.62. The minimum atomic E-state index is -4.09. The van der Waals surface area contributed by atoms with Gasteiger partial charge in [-0.2, -0.15) is 13.6 Å². The first-order valence-corrected chi connectivity index (χ1v) is 12.8. The minimum absolute atomic E-state index is 0.120. The third-order valence-corrected chi connectivity index (χ3v) is 9.12. The highest BCUT2D eigenvalue weighted by Gasteiger charge is 2.58. The Labute approximate surface area is 189 Å². The van der Waals surface area contributed by atoms with E-state index in [1.54, 1.807) is 12.1 Å². The second-order valence-electron chi connectivity index (χ2n) is 10.3. The maximum absolute atomic E-state index is 12.8. The predicted octanol–water partition coefficient (Wildman–Crippen LogP) is 3.97. The number of hydrogen-bond donors (Lipinski definition) is 1. The van der Waals surface area contributed by atoms with Gasteiger partial charge < -0.3 is 4.18 Å². The highest BCUT2D eigenvalue weighted by molar-refractivity contribution is 7.84. The molecule has 0 aliphatic heterocycles. The van der Waals surface area contributed by atoms with E-state index >= 15 is 0 Å². The van der Waals surface area contributed by atoms with E-state index < -0.39 is 10.3 Å². The van der Waals surface area contributed by atoms with Crippen molar-refractivity contribution in [3.63, 3.8) is 0 Å². The van der Waals surface area contributed by atoms with Gasteiger partial charge >= 0.3 is 10.3 Å². The van der Waals surface area contributed by atoms with Crippen molar-refractivity contribution in [3.8, 4) is 5.75 Å². The van der Waals surface area contributed by atoms with E-state index in [1.165, 1.54) is 0 Å². The summed E-state index contributed by atoms with van der Waals surface area (Å²) >= 11 is 0. The normalized spacial score (nSPS) is 36.5. The molecule has 0 unspecified atom stereocenters. The van der Waals surface area contributed by atoms with Crippen LogP contribution in [0, 0.1) is 28.6 Å². The molecule has 1 aromatic rings. The molecule has 5 atom stereocenters. The van der Waals surface area contributed by atoms with Crippen LogP contribution in [0.5, 0.6) is 5.75 Å². The van der Waals surface area contributed by atoms with E-state index in [0.29, 0.717) is 30.5 Å². The molecule has 0 spiro atoms. The van der Waals surface area contributed by atoms with Gasteiger partial charge in [-0.15, -0.1) is 0 Å². The van der Waals surface area contributed by atoms with Gasteiger partial charge in [0.2, 0.25) is 0 Å². The number of rotatable bonds is 3. The Hall–Kier alpha value is -2.25. The lowest BCUT2D eigenvalue weighted by Gasteiger charge is -2.55. The number of benzene rings is 1. The lowest BCUT2D eigenvalue weighted by atomic mass is 9.48. The summed E-state index contributed by atoms with van der Waals surface area (Å²) in [5.74, 6) is 1.71. The largest absolute Gasteiger partial charge is 0.380 e. The van der Waals surface area contributed by atoms with Crippen LogP contribution in [0.2, 0.25) is 0 Å². The zero-order valence-electron chi connectivity index (χ0n) is 18.5. The molecular formula is C25H29NO5S. The lowest BCUT2D eigenvalue weighted by molar-refractivity contribution is -0.130. The molecule has 4 aliphatic carbocycles. The molecule has 170 valence electrons. The summed E-state index contributed by atoms with van der Waals surface area (Å²) in [5.41, 5.74) is 2.63. The first kappa shape index (κ1) is 21.6. The van der Waals surface area contributed by atoms with E-state index in [-0.39, 0.29) is 28.3 Å². The van der Waals surface area contributed by atoms with Crippen LogP contribution in [0.1, 0.15) is 57.9 Å². The fourth-order valence-electron chi connectivity index (χ4n) is 6.99. The summed E-state index contributed by atoms with van der Waals surface area (Å²) in [7, 11) is -4.09. The van der Waals surface area contributed by atoms with Crippen LogP contribution in [0.4, 0.5) is 0 Å². The molecule has 4 aliphatic rings. The quantitative estimate of drug-likeness (QED) is 0.743. The number of Topliss-reactive ketones (excluding diaryl/α,β-unsaturated/α-hetero) is 1. The summed E-state index contributed by atoms with van der Waals surface area (Å²) in [5, 5.41) is 4.98. The van der Waals surface area contributed by atoms with Gasteiger partial charge in [-0.1, -0.05) is 32.1 Å². The number of hydrogen-bond acceptors (Lipinski definition) is 5. The van der Waals surface area contributed by atoms with Crippen molar-refractivity contribution >= 4 is 27.4 Å². The number of fused-ring (bicyclic) bond motifs is 5. The van der Waals surface area contributed by atoms with Crippen molar-refractivity contribution in [1.82, 2.24) is 0 Å². The summed E-state index contributed by atoms with van der Waals surface area (Å²) in [6.45, 7) is 4.43. The van der Waals surface area contributed by atoms with E-state index in [0.717, 1.165) is 42.4 Å². The number of ketones is 2. The van der Waals surface area contributed by atoms with Crippen molar-refractivity contribution < 1.29 is 22.2 Å². The minimum Gasteiger partial charge on any atom is -0.371 e. The molecule has 0 heterocycles. The zero-order valence-corrected chi connectivity index (χ0v) is 19.3. The molecule has 6 nitrogen and oxygen atoms in total. The number of nitrogens with two attached hydrogens (primary N) is 1. The van der Waals surface area contributed by atoms with Crippen molar-refractivity contribution in [2.45, 2.75) is 52.4 Å². The fraction of sp³-hybridized carbons (Fsp3) is 0.520. The monoisotopic (exact) mass is 455 g/mol. The molecule has 1 aromatic carbocycles. The van der Waals surface area contributed by atoms with Crippen molar-refractivity contribution in [2.24, 2.45) is 33.7 Å². The second kappa shape index (κ2) is 7.12. The SMILES string of the molecule is C[C@]12CCC(=O)C=C1C(c1ccc(OS(N)(=O)=O)cc1)=C[C@@H]1[C@@H]2CC[C@]2(C)C(=O)CC[C@@H]12. The molecule has 5 rings (SSSR count). The molecule has 7 heteroatoms. The van der Waals surface area contributed by atoms with Crippen LogP contribution in [0.3, 0.4) is 0 Å². The Morgan fingerprint density at radius 3 is 2.34 bits per heavy atom. The molecule has 0 saturated heterocycles. The zero-order chi connectivity index (χ0) is 22.9. The maximum Gasteiger partial charge on any atom is 0.380 e. The third-order valence-electron chi connectivity index (χ3n) is 8.70. The van der Waals surface area contributed by atoms with Crippen LogP contribution in [0.25, 0.3) is 5.57 Å². The van der Waals surface area contributed by atoms with Crippen LogP contribution >= 0.6 is 0 Å². The Morgan fingerprint density at radius 1 is 0.969 bits per heavy atom. The van der Waals surface area contributed by atoms with Gasteiger partial charge in [0.15, 0.2) is 5.78 Å². The van der Waals surface area contributed by atoms with Crippen molar-refractivity contribution in [1.29, 1.82) is 0 Å². The van der Waals surface area contributed by atoms with Crippen LogP contribution < -0.4 is 9.32 Å². The standard InChI is InChI=1S/C25H29NO5S/c1-24-11-9-16(27)13-22(24)18(15-3-5-17(6-4-15)31-32(26,29)30)14-19-20-7-8-23(28)25(20,2)12-10-21(19)24/h3-6,13-14,19-21H,7-12H2,1-2H3,(H2,26,29,30)/t19-,20-,21-,24+,25-/m0/s1. The molecule has 0 radical (unpaired) electrons. The molecule has 0 bridgehead atoms. The highest BCUT2D eigenvalue weighted by atomic mass is 32.2. The number of carbonyl (C=O) groups excluding carboxylic acids is 2. The molecule has 0 aromatic heterocycles. The Kier molecular flexibility index (Phi) is 4.81. The predicted molar refractivity (Wildman–Crippen MR) is 121 cm³/mol. The Morgan fingerprint density at radius 2 is 1.66 bits per heavy atom. The summed E-state index contributed by atoms with van der Waals surface area (Å²) in [4.78, 5) is 25.2. The third kappa shape index (κ3) is 3.28. The van der Waals surface area contributed by atoms with E-state index in [4.69, 9.17) is 9.32 Å². The molecule has 2 fully saturated rings. The average molecular weight is 456 g/mol. The van der Waals surface area contributed by atoms with E-state index in [1.807, 2.05) is 18.2 Å². The second-order valence-corrected chi connectivity index (χ2v) is 11.5. The molecule has 2 N–H and O–H groups in total. The molecule has 2 saturated carbocycles. The maximum atomic E-state index is 12.8. The smallest absolute Gasteiger partial charge is 0.371 e. The van der Waals surface area contributed by atoms with Gasteiger partial charge in [-0.3, -0.25) is 9.59 Å². The lowest BCUT2D eigenvalue weighted by Crippen LogP contribution is -2.49. The van der Waals surface area contributed by atoms with E-state index in [9.17, 15) is 18.0 Å². The summed E-state index contributed by atoms with van der Waals surface area (Å²) < 4.78 is 27.3. The van der Waals surface area contributed by atoms with E-state index in [2.05, 4.69) is 19.9 Å². The van der Waals surface area contributed by atoms with Crippen molar-refractivity contribution in [2.75, 3.05) is 0 Å². The van der Waals surface area contributed by atoms with Gasteiger partial charge in [-0.25, -0.2) is 0 Å². The van der Waals surface area contributed by atoms with Crippen LogP contribution in [-0.4, -0.2) is 20.0 Å². The first-order chi connectivity index (χ1) is 15.0. The van der Waals surface area contributed by atoms with Gasteiger partial charge in [0.25, 0.3) is 0 Å². The number of allylic oxidation sites excluding steroid dienone is 4. The molecule has 0 amide bonds. The van der Waals surface area contributed by atoms with Crippen molar-refractivity contribution in [3.05, 3.63) is 47.6 Å². The van der Waals surface area contributed by atoms with Gasteiger partial charge in [0.1, 0.15) is 11.5 Å². The Bertz CT molecular complexity index is 1170. The topological polar surface area (TPSA) is 104 Å².